The quantitative estimate of drug-likeness (QED) is 0.872. The minimum absolute atomic E-state index is 0.327. The maximum atomic E-state index is 12.5. The van der Waals surface area contributed by atoms with Gasteiger partial charge in [0.15, 0.2) is 0 Å². The molecule has 1 aliphatic heterocycles. The number of sulfonamides is 1. The van der Waals surface area contributed by atoms with Crippen LogP contribution < -0.4 is 0 Å². The first-order valence-corrected chi connectivity index (χ1v) is 7.83. The summed E-state index contributed by atoms with van der Waals surface area (Å²) in [4.78, 5) is 0.327. The van der Waals surface area contributed by atoms with Crippen LogP contribution in [0.2, 0.25) is 0 Å². The predicted octanol–water partition coefficient (Wildman–Crippen LogP) is 3.02. The van der Waals surface area contributed by atoms with E-state index in [1.807, 2.05) is 25.1 Å². The van der Waals surface area contributed by atoms with Gasteiger partial charge in [-0.1, -0.05) is 17.7 Å². The van der Waals surface area contributed by atoms with Crippen LogP contribution in [0.3, 0.4) is 0 Å². The fraction of sp³-hybridized carbons (Fsp3) is 0.200. The highest BCUT2D eigenvalue weighted by molar-refractivity contribution is 7.89. The van der Waals surface area contributed by atoms with E-state index in [9.17, 15) is 8.42 Å². The van der Waals surface area contributed by atoms with Crippen molar-refractivity contribution in [3.63, 3.8) is 0 Å². The zero-order valence-electron chi connectivity index (χ0n) is 11.1. The van der Waals surface area contributed by atoms with Crippen molar-refractivity contribution in [1.29, 1.82) is 0 Å². The lowest BCUT2D eigenvalue weighted by Crippen LogP contribution is -2.23. The fourth-order valence-corrected chi connectivity index (χ4v) is 3.58. The molecule has 0 saturated heterocycles. The van der Waals surface area contributed by atoms with Gasteiger partial charge in [-0.15, -0.1) is 0 Å². The molecule has 0 fully saturated rings. The third-order valence-electron chi connectivity index (χ3n) is 3.42. The van der Waals surface area contributed by atoms with Crippen molar-refractivity contribution in [3.05, 3.63) is 60.2 Å². The summed E-state index contributed by atoms with van der Waals surface area (Å²) in [6.07, 6.45) is 5.62. The van der Waals surface area contributed by atoms with Gasteiger partial charge in [-0.05, 0) is 37.1 Å². The molecule has 0 unspecified atom stereocenters. The molecule has 4 nitrogen and oxygen atoms in total. The maximum Gasteiger partial charge on any atom is 0.263 e. The maximum absolute atomic E-state index is 12.5. The molecule has 0 aliphatic carbocycles. The lowest BCUT2D eigenvalue weighted by molar-refractivity contribution is 0.517. The van der Waals surface area contributed by atoms with Gasteiger partial charge in [0.25, 0.3) is 10.0 Å². The Bertz CT molecular complexity index is 728. The van der Waals surface area contributed by atoms with E-state index in [2.05, 4.69) is 0 Å². The molecule has 2 aromatic rings. The van der Waals surface area contributed by atoms with Crippen LogP contribution in [0.5, 0.6) is 0 Å². The molecule has 0 amide bonds. The van der Waals surface area contributed by atoms with E-state index in [4.69, 9.17) is 4.42 Å². The molecule has 104 valence electrons. The van der Waals surface area contributed by atoms with Crippen LogP contribution in [0.1, 0.15) is 17.5 Å². The van der Waals surface area contributed by atoms with E-state index in [0.29, 0.717) is 17.9 Å². The molecule has 2 heterocycles. The van der Waals surface area contributed by atoms with Gasteiger partial charge >= 0.3 is 0 Å². The third kappa shape index (κ3) is 2.25. The number of aryl methyl sites for hydroxylation is 1. The SMILES string of the molecule is Cc1ccc(S(=O)(=O)N2C=C(c3ccoc3)CC2)cc1. The highest BCUT2D eigenvalue weighted by atomic mass is 32.2. The Morgan fingerprint density at radius 2 is 1.90 bits per heavy atom. The number of rotatable bonds is 3. The lowest BCUT2D eigenvalue weighted by atomic mass is 10.1. The summed E-state index contributed by atoms with van der Waals surface area (Å²) in [7, 11) is -3.45. The Balaban J connectivity index is 1.91. The first-order valence-electron chi connectivity index (χ1n) is 6.39. The average Bonchev–Trinajstić information content (AvgIpc) is 3.10. The Kier molecular flexibility index (Phi) is 3.14. The molecule has 0 radical (unpaired) electrons. The minimum Gasteiger partial charge on any atom is -0.472 e. The largest absolute Gasteiger partial charge is 0.472 e. The zero-order valence-corrected chi connectivity index (χ0v) is 11.9. The molecule has 0 spiro atoms. The van der Waals surface area contributed by atoms with Gasteiger partial charge < -0.3 is 4.42 Å². The minimum atomic E-state index is -3.45. The smallest absolute Gasteiger partial charge is 0.263 e. The van der Waals surface area contributed by atoms with Crippen LogP contribution in [-0.2, 0) is 10.0 Å². The molecular weight excluding hydrogens is 274 g/mol. The molecule has 0 N–H and O–H groups in total. The molecule has 5 heteroatoms. The van der Waals surface area contributed by atoms with Crippen molar-refractivity contribution < 1.29 is 12.8 Å². The van der Waals surface area contributed by atoms with Gasteiger partial charge in [-0.3, -0.25) is 4.31 Å². The first kappa shape index (κ1) is 13.0. The molecule has 1 aliphatic rings. The Hall–Kier alpha value is -2.01. The molecular formula is C15H15NO3S. The summed E-state index contributed by atoms with van der Waals surface area (Å²) >= 11 is 0. The Morgan fingerprint density at radius 3 is 2.55 bits per heavy atom. The van der Waals surface area contributed by atoms with Gasteiger partial charge in [0, 0.05) is 18.3 Å². The summed E-state index contributed by atoms with van der Waals surface area (Å²) in [5.41, 5.74) is 2.96. The summed E-state index contributed by atoms with van der Waals surface area (Å²) in [5, 5.41) is 0. The Morgan fingerprint density at radius 1 is 1.15 bits per heavy atom. The van der Waals surface area contributed by atoms with Crippen LogP contribution in [0.25, 0.3) is 5.57 Å². The van der Waals surface area contributed by atoms with Crippen molar-refractivity contribution in [2.24, 2.45) is 0 Å². The average molecular weight is 289 g/mol. The van der Waals surface area contributed by atoms with Crippen LogP contribution in [0, 0.1) is 6.92 Å². The zero-order chi connectivity index (χ0) is 14.2. The Labute approximate surface area is 118 Å². The van der Waals surface area contributed by atoms with Crippen molar-refractivity contribution in [2.75, 3.05) is 6.54 Å². The van der Waals surface area contributed by atoms with Gasteiger partial charge in [0.05, 0.1) is 17.4 Å². The number of benzene rings is 1. The van der Waals surface area contributed by atoms with Crippen LogP contribution in [-0.4, -0.2) is 19.3 Å². The highest BCUT2D eigenvalue weighted by Crippen LogP contribution is 2.29. The van der Waals surface area contributed by atoms with Crippen molar-refractivity contribution >= 4 is 15.6 Å². The van der Waals surface area contributed by atoms with Crippen LogP contribution in [0.15, 0.2) is 58.4 Å². The van der Waals surface area contributed by atoms with Gasteiger partial charge in [-0.2, -0.15) is 0 Å². The number of hydrogen-bond acceptors (Lipinski definition) is 3. The summed E-state index contributed by atoms with van der Waals surface area (Å²) in [6, 6.07) is 8.75. The predicted molar refractivity (Wildman–Crippen MR) is 76.4 cm³/mol. The number of nitrogens with zero attached hydrogens (tertiary/aromatic N) is 1. The van der Waals surface area contributed by atoms with E-state index in [-0.39, 0.29) is 0 Å². The second kappa shape index (κ2) is 4.83. The van der Waals surface area contributed by atoms with Crippen molar-refractivity contribution in [3.8, 4) is 0 Å². The third-order valence-corrected chi connectivity index (χ3v) is 5.19. The first-order chi connectivity index (χ1) is 9.57. The van der Waals surface area contributed by atoms with E-state index in [0.717, 1.165) is 16.7 Å². The highest BCUT2D eigenvalue weighted by Gasteiger charge is 2.26. The second-order valence-electron chi connectivity index (χ2n) is 4.85. The standard InChI is InChI=1S/C15H15NO3S/c1-12-2-4-15(5-3-12)20(17,18)16-8-6-13(10-16)14-7-9-19-11-14/h2-5,7,9-11H,6,8H2,1H3. The topological polar surface area (TPSA) is 50.5 Å². The summed E-state index contributed by atoms with van der Waals surface area (Å²) < 4.78 is 31.5. The van der Waals surface area contributed by atoms with Gasteiger partial charge in [0.2, 0.25) is 0 Å². The molecule has 1 aromatic carbocycles. The number of hydrogen-bond donors (Lipinski definition) is 0. The van der Waals surface area contributed by atoms with Crippen LogP contribution in [0.4, 0.5) is 0 Å². The van der Waals surface area contributed by atoms with Crippen molar-refractivity contribution in [2.45, 2.75) is 18.2 Å². The molecule has 20 heavy (non-hydrogen) atoms. The van der Waals surface area contributed by atoms with Gasteiger partial charge in [-0.25, -0.2) is 8.42 Å². The molecule has 0 bridgehead atoms. The van der Waals surface area contributed by atoms with Crippen LogP contribution >= 0.6 is 0 Å². The summed E-state index contributed by atoms with van der Waals surface area (Å²) in [5.74, 6) is 0. The normalized spacial score (nSPS) is 15.4. The lowest BCUT2D eigenvalue weighted by Gasteiger charge is -2.15. The summed E-state index contributed by atoms with van der Waals surface area (Å²) in [6.45, 7) is 2.40. The second-order valence-corrected chi connectivity index (χ2v) is 6.74. The fourth-order valence-electron chi connectivity index (χ4n) is 2.23. The number of furan rings is 1. The molecule has 3 rings (SSSR count). The molecule has 0 saturated carbocycles. The van der Waals surface area contributed by atoms with E-state index in [1.165, 1.54) is 4.31 Å². The van der Waals surface area contributed by atoms with E-state index < -0.39 is 10.0 Å². The monoisotopic (exact) mass is 289 g/mol. The van der Waals surface area contributed by atoms with Gasteiger partial charge in [0.1, 0.15) is 0 Å². The molecule has 1 aromatic heterocycles. The van der Waals surface area contributed by atoms with E-state index >= 15 is 0 Å². The van der Waals surface area contributed by atoms with Crippen molar-refractivity contribution in [1.82, 2.24) is 4.31 Å². The van der Waals surface area contributed by atoms with E-state index in [1.54, 1.807) is 30.9 Å². The molecule has 0 atom stereocenters.